The second kappa shape index (κ2) is 3.86. The van der Waals surface area contributed by atoms with Crippen molar-refractivity contribution < 1.29 is 17.9 Å². The number of ether oxygens (including phenoxy) is 1. The first-order chi connectivity index (χ1) is 7.38. The van der Waals surface area contributed by atoms with Gasteiger partial charge in [-0.25, -0.2) is 0 Å². The summed E-state index contributed by atoms with van der Waals surface area (Å²) in [5.41, 5.74) is 0.443. The Morgan fingerprint density at radius 1 is 1.19 bits per heavy atom. The summed E-state index contributed by atoms with van der Waals surface area (Å²) in [7, 11) is 0. The predicted octanol–water partition coefficient (Wildman–Crippen LogP) is 4.33. The van der Waals surface area contributed by atoms with E-state index in [-0.39, 0.29) is 10.8 Å². The first kappa shape index (κ1) is 11.6. The molecule has 1 nitrogen and oxygen atoms in total. The predicted molar refractivity (Wildman–Crippen MR) is 56.0 cm³/mol. The van der Waals surface area contributed by atoms with Crippen molar-refractivity contribution in [1.29, 1.82) is 0 Å². The van der Waals surface area contributed by atoms with Gasteiger partial charge in [0.1, 0.15) is 5.75 Å². The molecule has 86 valence electrons. The van der Waals surface area contributed by atoms with Gasteiger partial charge in [0.05, 0.1) is 5.02 Å². The standard InChI is InChI=1S/C10H5Cl2F3O/c11-6-3-5-1-2-8(10(13,14)15)16-9(5)7(12)4-6/h1-4,8H. The molecule has 0 aromatic heterocycles. The minimum Gasteiger partial charge on any atom is -0.475 e. The number of hydrogen-bond acceptors (Lipinski definition) is 1. The molecule has 0 aliphatic carbocycles. The molecule has 1 aromatic carbocycles. The van der Waals surface area contributed by atoms with Crippen molar-refractivity contribution in [2.24, 2.45) is 0 Å². The van der Waals surface area contributed by atoms with E-state index in [4.69, 9.17) is 27.9 Å². The average Bonchev–Trinajstić information content (AvgIpc) is 2.15. The van der Waals surface area contributed by atoms with Crippen LogP contribution in [0.4, 0.5) is 13.2 Å². The van der Waals surface area contributed by atoms with Crippen LogP contribution in [-0.2, 0) is 0 Å². The minimum absolute atomic E-state index is 0.0101. The second-order valence-corrected chi connectivity index (χ2v) is 4.09. The lowest BCUT2D eigenvalue weighted by atomic mass is 10.1. The van der Waals surface area contributed by atoms with Crippen LogP contribution < -0.4 is 4.74 Å². The van der Waals surface area contributed by atoms with Crippen LogP contribution in [-0.4, -0.2) is 12.3 Å². The molecule has 1 aliphatic heterocycles. The van der Waals surface area contributed by atoms with Crippen LogP contribution in [0.15, 0.2) is 18.2 Å². The first-order valence-electron chi connectivity index (χ1n) is 4.28. The minimum atomic E-state index is -4.45. The monoisotopic (exact) mass is 268 g/mol. The van der Waals surface area contributed by atoms with Gasteiger partial charge < -0.3 is 4.74 Å². The largest absolute Gasteiger partial charge is 0.475 e. The van der Waals surface area contributed by atoms with Crippen LogP contribution in [0, 0.1) is 0 Å². The first-order valence-corrected chi connectivity index (χ1v) is 5.04. The fourth-order valence-electron chi connectivity index (χ4n) is 1.36. The molecule has 0 radical (unpaired) electrons. The molecule has 0 saturated carbocycles. The van der Waals surface area contributed by atoms with Gasteiger partial charge in [0.25, 0.3) is 0 Å². The van der Waals surface area contributed by atoms with E-state index in [1.54, 1.807) is 0 Å². The van der Waals surface area contributed by atoms with E-state index in [0.29, 0.717) is 10.6 Å². The van der Waals surface area contributed by atoms with E-state index in [9.17, 15) is 13.2 Å². The molecule has 0 saturated heterocycles. The lowest BCUT2D eigenvalue weighted by molar-refractivity contribution is -0.180. The Labute approximate surface area is 99.4 Å². The molecule has 1 atom stereocenters. The molecule has 0 N–H and O–H groups in total. The van der Waals surface area contributed by atoms with Gasteiger partial charge >= 0.3 is 6.18 Å². The van der Waals surface area contributed by atoms with E-state index in [2.05, 4.69) is 0 Å². The van der Waals surface area contributed by atoms with Crippen molar-refractivity contribution in [2.45, 2.75) is 12.3 Å². The molecule has 0 spiro atoms. The van der Waals surface area contributed by atoms with E-state index in [1.165, 1.54) is 18.2 Å². The highest BCUT2D eigenvalue weighted by atomic mass is 35.5. The Morgan fingerprint density at radius 2 is 1.88 bits per heavy atom. The van der Waals surface area contributed by atoms with Gasteiger partial charge in [-0.05, 0) is 18.2 Å². The molecule has 1 unspecified atom stereocenters. The number of benzene rings is 1. The highest BCUT2D eigenvalue weighted by molar-refractivity contribution is 6.35. The summed E-state index contributed by atoms with van der Waals surface area (Å²) in [6, 6.07) is 2.83. The number of alkyl halides is 3. The van der Waals surface area contributed by atoms with Gasteiger partial charge in [-0.1, -0.05) is 29.3 Å². The second-order valence-electron chi connectivity index (χ2n) is 3.25. The summed E-state index contributed by atoms with van der Waals surface area (Å²) in [5.74, 6) is 0.0101. The molecule has 6 heteroatoms. The Hall–Kier alpha value is -0.870. The van der Waals surface area contributed by atoms with Gasteiger partial charge in [-0.3, -0.25) is 0 Å². The van der Waals surface area contributed by atoms with Crippen LogP contribution in [0.25, 0.3) is 6.08 Å². The molecular weight excluding hydrogens is 264 g/mol. The van der Waals surface area contributed by atoms with Gasteiger partial charge in [-0.2, -0.15) is 13.2 Å². The van der Waals surface area contributed by atoms with Crippen LogP contribution in [0.5, 0.6) is 5.75 Å². The maximum atomic E-state index is 12.4. The van der Waals surface area contributed by atoms with Gasteiger partial charge in [0.15, 0.2) is 0 Å². The fraction of sp³-hybridized carbons (Fsp3) is 0.200. The normalized spacial score (nSPS) is 19.2. The van der Waals surface area contributed by atoms with Crippen molar-refractivity contribution in [2.75, 3.05) is 0 Å². The number of rotatable bonds is 0. The Balaban J connectivity index is 2.42. The van der Waals surface area contributed by atoms with Gasteiger partial charge in [0, 0.05) is 10.6 Å². The van der Waals surface area contributed by atoms with Crippen LogP contribution in [0.2, 0.25) is 10.0 Å². The van der Waals surface area contributed by atoms with E-state index < -0.39 is 12.3 Å². The summed E-state index contributed by atoms with van der Waals surface area (Å²) in [4.78, 5) is 0. The van der Waals surface area contributed by atoms with Gasteiger partial charge in [-0.15, -0.1) is 0 Å². The zero-order valence-corrected chi connectivity index (χ0v) is 9.20. The molecule has 0 bridgehead atoms. The third-order valence-electron chi connectivity index (χ3n) is 2.06. The van der Waals surface area contributed by atoms with Crippen molar-refractivity contribution in [3.8, 4) is 5.75 Å². The topological polar surface area (TPSA) is 9.23 Å². The maximum Gasteiger partial charge on any atom is 0.429 e. The molecule has 1 aromatic rings. The van der Waals surface area contributed by atoms with Crippen LogP contribution in [0.3, 0.4) is 0 Å². The molecule has 16 heavy (non-hydrogen) atoms. The summed E-state index contributed by atoms with van der Waals surface area (Å²) >= 11 is 11.5. The molecule has 0 fully saturated rings. The Kier molecular flexibility index (Phi) is 2.80. The molecule has 2 rings (SSSR count). The molecule has 0 amide bonds. The number of hydrogen-bond donors (Lipinski definition) is 0. The Bertz CT molecular complexity index is 454. The summed E-state index contributed by atoms with van der Waals surface area (Å²) in [5, 5.41) is 0.420. The van der Waals surface area contributed by atoms with Crippen molar-refractivity contribution >= 4 is 29.3 Å². The molecule has 1 aliphatic rings. The smallest absolute Gasteiger partial charge is 0.429 e. The zero-order valence-electron chi connectivity index (χ0n) is 7.68. The Morgan fingerprint density at radius 3 is 2.50 bits per heavy atom. The third kappa shape index (κ3) is 2.13. The van der Waals surface area contributed by atoms with Crippen LogP contribution >= 0.6 is 23.2 Å². The van der Waals surface area contributed by atoms with E-state index in [0.717, 1.165) is 6.08 Å². The summed E-state index contributed by atoms with van der Waals surface area (Å²) in [6.07, 6.45) is -4.18. The number of halogens is 5. The quantitative estimate of drug-likeness (QED) is 0.681. The average molecular weight is 269 g/mol. The summed E-state index contributed by atoms with van der Waals surface area (Å²) in [6.45, 7) is 0. The molecular formula is C10H5Cl2F3O. The summed E-state index contributed by atoms with van der Waals surface area (Å²) < 4.78 is 42.0. The van der Waals surface area contributed by atoms with Crippen molar-refractivity contribution in [1.82, 2.24) is 0 Å². The van der Waals surface area contributed by atoms with Crippen LogP contribution in [0.1, 0.15) is 5.56 Å². The maximum absolute atomic E-state index is 12.4. The highest BCUT2D eigenvalue weighted by Gasteiger charge is 2.41. The fourth-order valence-corrected chi connectivity index (χ4v) is 1.92. The SMILES string of the molecule is FC(F)(F)C1C=Cc2cc(Cl)cc(Cl)c2O1. The van der Waals surface area contributed by atoms with Gasteiger partial charge in [0.2, 0.25) is 6.10 Å². The lowest BCUT2D eigenvalue weighted by Gasteiger charge is -2.24. The van der Waals surface area contributed by atoms with Crippen molar-refractivity contribution in [3.63, 3.8) is 0 Å². The van der Waals surface area contributed by atoms with E-state index >= 15 is 0 Å². The van der Waals surface area contributed by atoms with Crippen molar-refractivity contribution in [3.05, 3.63) is 33.8 Å². The number of fused-ring (bicyclic) bond motifs is 1. The zero-order chi connectivity index (χ0) is 11.9. The highest BCUT2D eigenvalue weighted by Crippen LogP contribution is 2.39. The lowest BCUT2D eigenvalue weighted by Crippen LogP contribution is -2.33. The third-order valence-corrected chi connectivity index (χ3v) is 2.55. The van der Waals surface area contributed by atoms with E-state index in [1.807, 2.05) is 0 Å². The molecule has 1 heterocycles.